The van der Waals surface area contributed by atoms with Gasteiger partial charge in [-0.25, -0.2) is 8.42 Å². The molecular weight excluding hydrogens is 304 g/mol. The first-order chi connectivity index (χ1) is 10.6. The van der Waals surface area contributed by atoms with Crippen LogP contribution in [0.3, 0.4) is 0 Å². The van der Waals surface area contributed by atoms with Gasteiger partial charge in [0.05, 0.1) is 4.90 Å². The molecule has 0 aliphatic carbocycles. The average molecular weight is 324 g/mol. The Hall–Kier alpha value is -1.44. The van der Waals surface area contributed by atoms with E-state index in [2.05, 4.69) is 5.32 Å². The summed E-state index contributed by atoms with van der Waals surface area (Å²) in [6.07, 6.45) is 3.05. The van der Waals surface area contributed by atoms with E-state index in [0.29, 0.717) is 25.4 Å². The van der Waals surface area contributed by atoms with Crippen molar-refractivity contribution in [1.29, 1.82) is 0 Å². The predicted molar refractivity (Wildman–Crippen MR) is 82.0 cm³/mol. The molecule has 2 aliphatic heterocycles. The van der Waals surface area contributed by atoms with Crippen LogP contribution in [0.1, 0.15) is 25.7 Å². The van der Waals surface area contributed by atoms with Gasteiger partial charge < -0.3 is 10.1 Å². The van der Waals surface area contributed by atoms with Gasteiger partial charge >= 0.3 is 0 Å². The Kier molecular flexibility index (Phi) is 4.46. The molecule has 2 fully saturated rings. The van der Waals surface area contributed by atoms with Gasteiger partial charge in [-0.2, -0.15) is 4.31 Å². The fourth-order valence-electron chi connectivity index (χ4n) is 2.79. The minimum absolute atomic E-state index is 0.173. The number of carbonyl (C=O) groups is 1. The number of anilines is 1. The second-order valence-electron chi connectivity index (χ2n) is 5.63. The smallest absolute Gasteiger partial charge is 0.253 e. The quantitative estimate of drug-likeness (QED) is 0.912. The zero-order valence-corrected chi connectivity index (χ0v) is 13.1. The van der Waals surface area contributed by atoms with Gasteiger partial charge in [0, 0.05) is 25.4 Å². The Morgan fingerprint density at radius 1 is 1.14 bits per heavy atom. The zero-order valence-electron chi connectivity index (χ0n) is 12.3. The van der Waals surface area contributed by atoms with Gasteiger partial charge in [0.15, 0.2) is 0 Å². The number of ether oxygens (including phenoxy) is 1. The number of hydrogen-bond acceptors (Lipinski definition) is 4. The third kappa shape index (κ3) is 3.16. The number of hydrogen-bond donors (Lipinski definition) is 1. The van der Waals surface area contributed by atoms with Crippen LogP contribution in [0.2, 0.25) is 0 Å². The van der Waals surface area contributed by atoms with Crippen molar-refractivity contribution in [1.82, 2.24) is 4.31 Å². The number of benzene rings is 1. The van der Waals surface area contributed by atoms with Crippen molar-refractivity contribution in [3.8, 4) is 0 Å². The van der Waals surface area contributed by atoms with Crippen LogP contribution in [-0.4, -0.2) is 44.4 Å². The van der Waals surface area contributed by atoms with Gasteiger partial charge in [-0.1, -0.05) is 0 Å². The van der Waals surface area contributed by atoms with Crippen molar-refractivity contribution in [2.75, 3.05) is 25.0 Å². The number of sulfonamides is 1. The summed E-state index contributed by atoms with van der Waals surface area (Å²) in [5, 5.41) is 2.76. The van der Waals surface area contributed by atoms with Crippen molar-refractivity contribution in [2.45, 2.75) is 36.7 Å². The highest BCUT2D eigenvalue weighted by molar-refractivity contribution is 7.89. The highest BCUT2D eigenvalue weighted by Crippen LogP contribution is 2.22. The summed E-state index contributed by atoms with van der Waals surface area (Å²) < 4.78 is 31.6. The number of rotatable bonds is 4. The summed E-state index contributed by atoms with van der Waals surface area (Å²) in [6, 6.07) is 6.32. The van der Waals surface area contributed by atoms with Crippen molar-refractivity contribution < 1.29 is 17.9 Å². The lowest BCUT2D eigenvalue weighted by Gasteiger charge is -2.16. The van der Waals surface area contributed by atoms with Crippen molar-refractivity contribution in [3.63, 3.8) is 0 Å². The molecule has 0 radical (unpaired) electrons. The van der Waals surface area contributed by atoms with Crippen molar-refractivity contribution >= 4 is 21.6 Å². The Morgan fingerprint density at radius 3 is 2.41 bits per heavy atom. The molecule has 1 amide bonds. The number of carbonyl (C=O) groups excluding carboxylic acids is 1. The molecule has 0 saturated carbocycles. The molecule has 1 N–H and O–H groups in total. The SMILES string of the molecule is O=C(Nc1ccc(S(=O)(=O)N2CCCC2)cc1)C1CCCO1. The normalized spacial score (nSPS) is 22.8. The van der Waals surface area contributed by atoms with E-state index in [1.807, 2.05) is 0 Å². The predicted octanol–water partition coefficient (Wildman–Crippen LogP) is 1.59. The first kappa shape index (κ1) is 15.5. The molecule has 1 aromatic rings. The Balaban J connectivity index is 1.68. The van der Waals surface area contributed by atoms with Crippen molar-refractivity contribution in [2.24, 2.45) is 0 Å². The highest BCUT2D eigenvalue weighted by Gasteiger charge is 2.27. The maximum absolute atomic E-state index is 12.4. The molecule has 1 aromatic carbocycles. The van der Waals surface area contributed by atoms with E-state index >= 15 is 0 Å². The van der Waals surface area contributed by atoms with Crippen LogP contribution >= 0.6 is 0 Å². The molecule has 1 unspecified atom stereocenters. The second kappa shape index (κ2) is 6.36. The van der Waals surface area contributed by atoms with E-state index < -0.39 is 16.1 Å². The van der Waals surface area contributed by atoms with Crippen LogP contribution in [0.4, 0.5) is 5.69 Å². The van der Waals surface area contributed by atoms with Crippen LogP contribution in [-0.2, 0) is 19.6 Å². The van der Waals surface area contributed by atoms with E-state index in [-0.39, 0.29) is 10.8 Å². The summed E-state index contributed by atoms with van der Waals surface area (Å²) in [7, 11) is -3.40. The summed E-state index contributed by atoms with van der Waals surface area (Å²) in [6.45, 7) is 1.78. The number of nitrogens with zero attached hydrogens (tertiary/aromatic N) is 1. The maximum atomic E-state index is 12.4. The second-order valence-corrected chi connectivity index (χ2v) is 7.56. The molecule has 6 nitrogen and oxygen atoms in total. The van der Waals surface area contributed by atoms with Gasteiger partial charge in [-0.15, -0.1) is 0 Å². The maximum Gasteiger partial charge on any atom is 0.253 e. The van der Waals surface area contributed by atoms with E-state index in [1.54, 1.807) is 24.3 Å². The molecular formula is C15H20N2O4S. The molecule has 0 aromatic heterocycles. The first-order valence-corrected chi connectivity index (χ1v) is 9.04. The lowest BCUT2D eigenvalue weighted by molar-refractivity contribution is -0.124. The van der Waals surface area contributed by atoms with E-state index in [9.17, 15) is 13.2 Å². The average Bonchev–Trinajstić information content (AvgIpc) is 3.21. The molecule has 7 heteroatoms. The fraction of sp³-hybridized carbons (Fsp3) is 0.533. The van der Waals surface area contributed by atoms with Gasteiger partial charge in [0.2, 0.25) is 10.0 Å². The van der Waals surface area contributed by atoms with Crippen LogP contribution in [0.25, 0.3) is 0 Å². The molecule has 22 heavy (non-hydrogen) atoms. The number of amides is 1. The Labute approximate surface area is 130 Å². The van der Waals surface area contributed by atoms with Gasteiger partial charge in [-0.05, 0) is 49.9 Å². The third-order valence-corrected chi connectivity index (χ3v) is 5.96. The third-order valence-electron chi connectivity index (χ3n) is 4.05. The van der Waals surface area contributed by atoms with Crippen LogP contribution in [0.15, 0.2) is 29.2 Å². The van der Waals surface area contributed by atoms with E-state index in [0.717, 1.165) is 25.7 Å². The molecule has 0 bridgehead atoms. The summed E-state index contributed by atoms with van der Waals surface area (Å²) >= 11 is 0. The summed E-state index contributed by atoms with van der Waals surface area (Å²) in [5.41, 5.74) is 0.584. The molecule has 120 valence electrons. The van der Waals surface area contributed by atoms with E-state index in [4.69, 9.17) is 4.74 Å². The minimum atomic E-state index is -3.40. The lowest BCUT2D eigenvalue weighted by atomic mass is 10.2. The molecule has 2 aliphatic rings. The largest absolute Gasteiger partial charge is 0.368 e. The Morgan fingerprint density at radius 2 is 1.82 bits per heavy atom. The summed E-state index contributed by atoms with van der Waals surface area (Å²) in [4.78, 5) is 12.2. The van der Waals surface area contributed by atoms with E-state index in [1.165, 1.54) is 4.31 Å². The molecule has 1 atom stereocenters. The molecule has 2 heterocycles. The highest BCUT2D eigenvalue weighted by atomic mass is 32.2. The number of nitrogens with one attached hydrogen (secondary N) is 1. The molecule has 3 rings (SSSR count). The van der Waals surface area contributed by atoms with Gasteiger partial charge in [0.1, 0.15) is 6.10 Å². The minimum Gasteiger partial charge on any atom is -0.368 e. The fourth-order valence-corrected chi connectivity index (χ4v) is 4.31. The van der Waals surface area contributed by atoms with Gasteiger partial charge in [-0.3, -0.25) is 4.79 Å². The summed E-state index contributed by atoms with van der Waals surface area (Å²) in [5.74, 6) is -0.173. The monoisotopic (exact) mass is 324 g/mol. The van der Waals surface area contributed by atoms with Crippen LogP contribution in [0.5, 0.6) is 0 Å². The first-order valence-electron chi connectivity index (χ1n) is 7.60. The van der Waals surface area contributed by atoms with Crippen LogP contribution < -0.4 is 5.32 Å². The Bertz CT molecular complexity index is 630. The van der Waals surface area contributed by atoms with Crippen molar-refractivity contribution in [3.05, 3.63) is 24.3 Å². The topological polar surface area (TPSA) is 75.7 Å². The van der Waals surface area contributed by atoms with Crippen LogP contribution in [0, 0.1) is 0 Å². The molecule has 0 spiro atoms. The standard InChI is InChI=1S/C15H20N2O4S/c18-15(14-4-3-11-21-14)16-12-5-7-13(8-6-12)22(19,20)17-9-1-2-10-17/h5-8,14H,1-4,9-11H2,(H,16,18). The van der Waals surface area contributed by atoms with Gasteiger partial charge in [0.25, 0.3) is 5.91 Å². The lowest BCUT2D eigenvalue weighted by Crippen LogP contribution is -2.28. The molecule has 2 saturated heterocycles. The zero-order chi connectivity index (χ0) is 15.6.